The molecule has 1 N–H and O–H groups in total. The molecule has 1 aromatic carbocycles. The molecule has 0 bridgehead atoms. The number of benzene rings is 1. The molecule has 0 spiro atoms. The summed E-state index contributed by atoms with van der Waals surface area (Å²) in [6, 6.07) is 10.3. The lowest BCUT2D eigenvalue weighted by molar-refractivity contribution is 0.167. The van der Waals surface area contributed by atoms with Crippen LogP contribution in [0.2, 0.25) is 25.7 Å². The monoisotopic (exact) mass is 237 g/mol. The Hall–Kier alpha value is -1.29. The summed E-state index contributed by atoms with van der Waals surface area (Å²) in [6.07, 6.45) is -0.371. The zero-order valence-electron chi connectivity index (χ0n) is 10.1. The summed E-state index contributed by atoms with van der Waals surface area (Å²) in [4.78, 5) is 11.4. The van der Waals surface area contributed by atoms with Gasteiger partial charge in [0.2, 0.25) is 0 Å². The summed E-state index contributed by atoms with van der Waals surface area (Å²) in [7, 11) is -1.12. The Morgan fingerprint density at radius 1 is 1.25 bits per heavy atom. The number of amides is 1. The minimum atomic E-state index is -1.12. The second-order valence-electron chi connectivity index (χ2n) is 4.94. The molecule has 0 aliphatic heterocycles. The highest BCUT2D eigenvalue weighted by Gasteiger charge is 2.13. The molecule has 1 amide bonds. The largest absolute Gasteiger partial charge is 0.450 e. The SMILES string of the molecule is C[Si](C)(C)CCOC(=O)Nc1ccccc1. The van der Waals surface area contributed by atoms with Gasteiger partial charge >= 0.3 is 6.09 Å². The third-order valence-corrected chi connectivity index (χ3v) is 3.81. The lowest BCUT2D eigenvalue weighted by atomic mass is 10.3. The Kier molecular flexibility index (Phi) is 4.55. The summed E-state index contributed by atoms with van der Waals surface area (Å²) in [6.45, 7) is 7.27. The Labute approximate surface area is 97.8 Å². The average molecular weight is 237 g/mol. The van der Waals surface area contributed by atoms with Crippen LogP contribution in [0.1, 0.15) is 0 Å². The smallest absolute Gasteiger partial charge is 0.411 e. The first-order chi connectivity index (χ1) is 7.47. The molecular weight excluding hydrogens is 218 g/mol. The van der Waals surface area contributed by atoms with Gasteiger partial charge in [0.25, 0.3) is 0 Å². The maximum Gasteiger partial charge on any atom is 0.411 e. The summed E-state index contributed by atoms with van der Waals surface area (Å²) in [5.41, 5.74) is 0.764. The van der Waals surface area contributed by atoms with Crippen molar-refractivity contribution in [2.45, 2.75) is 25.7 Å². The first-order valence-electron chi connectivity index (χ1n) is 5.46. The van der Waals surface area contributed by atoms with E-state index in [2.05, 4.69) is 25.0 Å². The number of ether oxygens (including phenoxy) is 1. The number of rotatable bonds is 4. The van der Waals surface area contributed by atoms with E-state index in [-0.39, 0.29) is 6.09 Å². The van der Waals surface area contributed by atoms with Gasteiger partial charge in [0.15, 0.2) is 0 Å². The van der Waals surface area contributed by atoms with Crippen LogP contribution in [-0.4, -0.2) is 20.8 Å². The van der Waals surface area contributed by atoms with Crippen molar-refractivity contribution in [3.05, 3.63) is 30.3 Å². The van der Waals surface area contributed by atoms with E-state index in [4.69, 9.17) is 4.74 Å². The highest BCUT2D eigenvalue weighted by atomic mass is 28.3. The van der Waals surface area contributed by atoms with Crippen molar-refractivity contribution in [2.75, 3.05) is 11.9 Å². The average Bonchev–Trinajstić information content (AvgIpc) is 2.17. The second kappa shape index (κ2) is 5.70. The number of hydrogen-bond donors (Lipinski definition) is 1. The van der Waals surface area contributed by atoms with Gasteiger partial charge in [0.1, 0.15) is 0 Å². The van der Waals surface area contributed by atoms with Crippen molar-refractivity contribution in [1.29, 1.82) is 0 Å². The molecular formula is C12H19NO2Si. The van der Waals surface area contributed by atoms with Crippen LogP contribution >= 0.6 is 0 Å². The number of nitrogens with one attached hydrogen (secondary N) is 1. The number of carbonyl (C=O) groups excluding carboxylic acids is 1. The van der Waals surface area contributed by atoms with E-state index >= 15 is 0 Å². The number of hydrogen-bond acceptors (Lipinski definition) is 2. The highest BCUT2D eigenvalue weighted by molar-refractivity contribution is 6.76. The van der Waals surface area contributed by atoms with Gasteiger partial charge in [0, 0.05) is 13.8 Å². The molecule has 0 atom stereocenters. The Bertz CT molecular complexity index is 333. The molecule has 88 valence electrons. The van der Waals surface area contributed by atoms with Gasteiger partial charge < -0.3 is 4.74 Å². The van der Waals surface area contributed by atoms with Gasteiger partial charge in [0.05, 0.1) is 6.61 Å². The Balaban J connectivity index is 2.27. The molecule has 0 aliphatic carbocycles. The molecule has 0 aromatic heterocycles. The number of para-hydroxylation sites is 1. The van der Waals surface area contributed by atoms with Crippen LogP contribution in [0.25, 0.3) is 0 Å². The summed E-state index contributed by atoms with van der Waals surface area (Å²) >= 11 is 0. The topological polar surface area (TPSA) is 38.3 Å². The van der Waals surface area contributed by atoms with Crippen molar-refractivity contribution >= 4 is 19.9 Å². The summed E-state index contributed by atoms with van der Waals surface area (Å²) in [5, 5.41) is 2.68. The van der Waals surface area contributed by atoms with Crippen molar-refractivity contribution in [2.24, 2.45) is 0 Å². The minimum absolute atomic E-state index is 0.371. The van der Waals surface area contributed by atoms with E-state index in [0.29, 0.717) is 6.61 Å². The molecule has 0 unspecified atom stereocenters. The normalized spacial score (nSPS) is 10.9. The van der Waals surface area contributed by atoms with Gasteiger partial charge in [-0.1, -0.05) is 37.8 Å². The van der Waals surface area contributed by atoms with Crippen LogP contribution in [0.4, 0.5) is 10.5 Å². The fourth-order valence-electron chi connectivity index (χ4n) is 1.13. The van der Waals surface area contributed by atoms with Crippen molar-refractivity contribution in [1.82, 2.24) is 0 Å². The van der Waals surface area contributed by atoms with Crippen LogP contribution in [0.15, 0.2) is 30.3 Å². The lowest BCUT2D eigenvalue weighted by Crippen LogP contribution is -2.24. The molecule has 3 nitrogen and oxygen atoms in total. The molecule has 16 heavy (non-hydrogen) atoms. The van der Waals surface area contributed by atoms with Crippen LogP contribution in [0.5, 0.6) is 0 Å². The highest BCUT2D eigenvalue weighted by Crippen LogP contribution is 2.09. The summed E-state index contributed by atoms with van der Waals surface area (Å²) in [5.74, 6) is 0. The van der Waals surface area contributed by atoms with Crippen molar-refractivity contribution in [3.63, 3.8) is 0 Å². The van der Waals surface area contributed by atoms with Crippen molar-refractivity contribution < 1.29 is 9.53 Å². The van der Waals surface area contributed by atoms with E-state index in [9.17, 15) is 4.79 Å². The predicted molar refractivity (Wildman–Crippen MR) is 69.6 cm³/mol. The van der Waals surface area contributed by atoms with Gasteiger partial charge in [-0.2, -0.15) is 0 Å². The fraction of sp³-hybridized carbons (Fsp3) is 0.417. The van der Waals surface area contributed by atoms with E-state index in [1.54, 1.807) is 0 Å². The van der Waals surface area contributed by atoms with E-state index in [0.717, 1.165) is 11.7 Å². The van der Waals surface area contributed by atoms with Gasteiger partial charge in [-0.3, -0.25) is 5.32 Å². The van der Waals surface area contributed by atoms with Gasteiger partial charge in [-0.05, 0) is 18.2 Å². The van der Waals surface area contributed by atoms with Gasteiger partial charge in [-0.15, -0.1) is 0 Å². The van der Waals surface area contributed by atoms with E-state index in [1.807, 2.05) is 30.3 Å². The number of carbonyl (C=O) groups is 1. The minimum Gasteiger partial charge on any atom is -0.450 e. The van der Waals surface area contributed by atoms with Gasteiger partial charge in [-0.25, -0.2) is 4.79 Å². The molecule has 1 rings (SSSR count). The Morgan fingerprint density at radius 3 is 2.44 bits per heavy atom. The molecule has 0 aliphatic rings. The molecule has 4 heteroatoms. The predicted octanol–water partition coefficient (Wildman–Crippen LogP) is 3.57. The van der Waals surface area contributed by atoms with E-state index < -0.39 is 8.07 Å². The molecule has 0 radical (unpaired) electrons. The maximum absolute atomic E-state index is 11.4. The Morgan fingerprint density at radius 2 is 1.88 bits per heavy atom. The fourth-order valence-corrected chi connectivity index (χ4v) is 1.84. The van der Waals surface area contributed by atoms with Crippen LogP contribution in [0.3, 0.4) is 0 Å². The van der Waals surface area contributed by atoms with Crippen LogP contribution < -0.4 is 5.32 Å². The zero-order valence-corrected chi connectivity index (χ0v) is 11.1. The third-order valence-electron chi connectivity index (χ3n) is 2.11. The maximum atomic E-state index is 11.4. The first kappa shape index (κ1) is 12.8. The van der Waals surface area contributed by atoms with E-state index in [1.165, 1.54) is 0 Å². The molecule has 0 heterocycles. The van der Waals surface area contributed by atoms with Crippen LogP contribution in [-0.2, 0) is 4.74 Å². The van der Waals surface area contributed by atoms with Crippen molar-refractivity contribution in [3.8, 4) is 0 Å². The first-order valence-corrected chi connectivity index (χ1v) is 9.17. The molecule has 0 saturated carbocycles. The molecule has 0 fully saturated rings. The quantitative estimate of drug-likeness (QED) is 0.813. The zero-order chi connectivity index (χ0) is 12.0. The molecule has 0 saturated heterocycles. The lowest BCUT2D eigenvalue weighted by Gasteiger charge is -2.15. The third kappa shape index (κ3) is 5.55. The second-order valence-corrected chi connectivity index (χ2v) is 10.6. The summed E-state index contributed by atoms with van der Waals surface area (Å²) < 4.78 is 5.11. The number of anilines is 1. The van der Waals surface area contributed by atoms with Crippen LogP contribution in [0, 0.1) is 0 Å². The molecule has 1 aromatic rings. The standard InChI is InChI=1S/C12H19NO2Si/c1-16(2,3)10-9-15-12(14)13-11-7-5-4-6-8-11/h4-8H,9-10H2,1-3H3,(H,13,14).